The van der Waals surface area contributed by atoms with Crippen LogP contribution in [0.5, 0.6) is 0 Å². The lowest BCUT2D eigenvalue weighted by Gasteiger charge is -2.04. The molecule has 0 aliphatic heterocycles. The minimum atomic E-state index is -0.418. The number of esters is 1. The van der Waals surface area contributed by atoms with Crippen LogP contribution >= 0.6 is 0 Å². The van der Waals surface area contributed by atoms with Crippen LogP contribution in [0.2, 0.25) is 0 Å². The van der Waals surface area contributed by atoms with Crippen LogP contribution in [-0.2, 0) is 4.74 Å². The molecule has 1 N–H and O–H groups in total. The molecular weight excluding hydrogens is 294 g/mol. The first-order valence-corrected chi connectivity index (χ1v) is 7.02. The monoisotopic (exact) mass is 309 g/mol. The molecule has 0 saturated carbocycles. The van der Waals surface area contributed by atoms with Gasteiger partial charge >= 0.3 is 5.97 Å². The molecule has 0 saturated heterocycles. The van der Waals surface area contributed by atoms with Crippen LogP contribution in [-0.4, -0.2) is 28.4 Å². The molecule has 0 radical (unpaired) electrons. The Balaban J connectivity index is 1.78. The molecule has 0 spiro atoms. The third-order valence-electron chi connectivity index (χ3n) is 3.41. The Kier molecular flexibility index (Phi) is 3.80. The van der Waals surface area contributed by atoms with Crippen LogP contribution in [0.3, 0.4) is 0 Å². The molecule has 23 heavy (non-hydrogen) atoms. The molecule has 3 aromatic rings. The van der Waals surface area contributed by atoms with Crippen LogP contribution in [0.25, 0.3) is 5.65 Å². The molecule has 0 aliphatic rings. The van der Waals surface area contributed by atoms with E-state index in [0.717, 1.165) is 11.2 Å². The van der Waals surface area contributed by atoms with Gasteiger partial charge in [0.2, 0.25) is 0 Å². The van der Waals surface area contributed by atoms with Crippen molar-refractivity contribution in [2.75, 3.05) is 12.4 Å². The summed E-state index contributed by atoms with van der Waals surface area (Å²) >= 11 is 0. The number of amides is 1. The van der Waals surface area contributed by atoms with Gasteiger partial charge in [0.1, 0.15) is 11.3 Å². The van der Waals surface area contributed by atoms with Crippen LogP contribution in [0.15, 0.2) is 48.8 Å². The summed E-state index contributed by atoms with van der Waals surface area (Å²) in [4.78, 5) is 27.9. The summed E-state index contributed by atoms with van der Waals surface area (Å²) in [6.07, 6.45) is 3.53. The number of hydrogen-bond acceptors (Lipinski definition) is 4. The number of carbonyl (C=O) groups excluding carboxylic acids is 2. The Morgan fingerprint density at radius 3 is 2.61 bits per heavy atom. The number of hydrogen-bond donors (Lipinski definition) is 1. The van der Waals surface area contributed by atoms with E-state index in [0.29, 0.717) is 16.9 Å². The van der Waals surface area contributed by atoms with Crippen molar-refractivity contribution in [3.8, 4) is 0 Å². The number of ether oxygens (including phenoxy) is 1. The minimum absolute atomic E-state index is 0.308. The summed E-state index contributed by atoms with van der Waals surface area (Å²) in [5.41, 5.74) is 3.13. The third-order valence-corrected chi connectivity index (χ3v) is 3.41. The minimum Gasteiger partial charge on any atom is -0.465 e. The van der Waals surface area contributed by atoms with Crippen molar-refractivity contribution in [2.24, 2.45) is 0 Å². The summed E-state index contributed by atoms with van der Waals surface area (Å²) in [6.45, 7) is 1.97. The lowest BCUT2D eigenvalue weighted by atomic mass is 10.2. The molecule has 6 nitrogen and oxygen atoms in total. The zero-order valence-electron chi connectivity index (χ0n) is 12.7. The average molecular weight is 309 g/mol. The van der Waals surface area contributed by atoms with Gasteiger partial charge in [-0.2, -0.15) is 0 Å². The van der Waals surface area contributed by atoms with E-state index >= 15 is 0 Å². The normalized spacial score (nSPS) is 10.5. The van der Waals surface area contributed by atoms with Gasteiger partial charge in [-0.15, -0.1) is 0 Å². The number of imidazole rings is 1. The maximum absolute atomic E-state index is 12.3. The van der Waals surface area contributed by atoms with E-state index in [2.05, 4.69) is 15.0 Å². The molecule has 2 heterocycles. The number of carbonyl (C=O) groups is 2. The average Bonchev–Trinajstić information content (AvgIpc) is 2.98. The van der Waals surface area contributed by atoms with Crippen molar-refractivity contribution in [2.45, 2.75) is 6.92 Å². The number of methoxy groups -OCH3 is 1. The van der Waals surface area contributed by atoms with Gasteiger partial charge in [-0.05, 0) is 48.9 Å². The maximum Gasteiger partial charge on any atom is 0.337 e. The first-order valence-electron chi connectivity index (χ1n) is 7.02. The van der Waals surface area contributed by atoms with E-state index in [9.17, 15) is 9.59 Å². The zero-order chi connectivity index (χ0) is 16.4. The first-order chi connectivity index (χ1) is 11.1. The van der Waals surface area contributed by atoms with Crippen LogP contribution < -0.4 is 5.32 Å². The molecule has 3 rings (SSSR count). The molecule has 2 aromatic heterocycles. The standard InChI is InChI=1S/C17H15N3O3/c1-11-7-8-20-10-14(19-15(20)9-11)16(21)18-13-5-3-12(4-6-13)17(22)23-2/h3-10H,1-2H3,(H,18,21). The number of nitrogens with zero attached hydrogens (tertiary/aromatic N) is 2. The van der Waals surface area contributed by atoms with Gasteiger partial charge in [-0.25, -0.2) is 9.78 Å². The van der Waals surface area contributed by atoms with Gasteiger partial charge in [-0.3, -0.25) is 4.79 Å². The Hall–Kier alpha value is -3.15. The summed E-state index contributed by atoms with van der Waals surface area (Å²) in [5, 5.41) is 2.75. The van der Waals surface area contributed by atoms with E-state index in [1.165, 1.54) is 7.11 Å². The van der Waals surface area contributed by atoms with Gasteiger partial charge in [-0.1, -0.05) is 0 Å². The summed E-state index contributed by atoms with van der Waals surface area (Å²) in [5.74, 6) is -0.726. The number of aromatic nitrogens is 2. The third kappa shape index (κ3) is 3.06. The van der Waals surface area contributed by atoms with Crippen molar-refractivity contribution in [1.29, 1.82) is 0 Å². The van der Waals surface area contributed by atoms with Crippen LogP contribution in [0, 0.1) is 6.92 Å². The predicted octanol–water partition coefficient (Wildman–Crippen LogP) is 2.68. The number of pyridine rings is 1. The van der Waals surface area contributed by atoms with Gasteiger partial charge < -0.3 is 14.5 Å². The topological polar surface area (TPSA) is 72.7 Å². The quantitative estimate of drug-likeness (QED) is 0.755. The number of fused-ring (bicyclic) bond motifs is 1. The Morgan fingerprint density at radius 2 is 1.91 bits per heavy atom. The van der Waals surface area contributed by atoms with E-state index in [4.69, 9.17) is 0 Å². The molecule has 1 amide bonds. The molecule has 6 heteroatoms. The molecule has 0 atom stereocenters. The highest BCUT2D eigenvalue weighted by Gasteiger charge is 2.12. The van der Waals surface area contributed by atoms with E-state index in [-0.39, 0.29) is 5.91 Å². The number of benzene rings is 1. The lowest BCUT2D eigenvalue weighted by Crippen LogP contribution is -2.12. The lowest BCUT2D eigenvalue weighted by molar-refractivity contribution is 0.0600. The van der Waals surface area contributed by atoms with Gasteiger partial charge in [0.25, 0.3) is 5.91 Å². The number of nitrogens with one attached hydrogen (secondary N) is 1. The van der Waals surface area contributed by atoms with Crippen LogP contribution in [0.1, 0.15) is 26.4 Å². The fourth-order valence-corrected chi connectivity index (χ4v) is 2.20. The van der Waals surface area contributed by atoms with E-state index in [1.807, 2.05) is 25.3 Å². The molecule has 0 unspecified atom stereocenters. The zero-order valence-corrected chi connectivity index (χ0v) is 12.7. The highest BCUT2D eigenvalue weighted by molar-refractivity contribution is 6.03. The highest BCUT2D eigenvalue weighted by atomic mass is 16.5. The molecule has 0 fully saturated rings. The molecular formula is C17H15N3O3. The second kappa shape index (κ2) is 5.92. The Labute approximate surface area is 132 Å². The number of anilines is 1. The first kappa shape index (κ1) is 14.8. The summed E-state index contributed by atoms with van der Waals surface area (Å²) < 4.78 is 6.42. The second-order valence-corrected chi connectivity index (χ2v) is 5.12. The van der Waals surface area contributed by atoms with Crippen LogP contribution in [0.4, 0.5) is 5.69 Å². The smallest absolute Gasteiger partial charge is 0.337 e. The van der Waals surface area contributed by atoms with Crippen molar-refractivity contribution in [1.82, 2.24) is 9.38 Å². The molecule has 0 aliphatic carbocycles. The summed E-state index contributed by atoms with van der Waals surface area (Å²) in [7, 11) is 1.32. The Bertz CT molecular complexity index is 882. The van der Waals surface area contributed by atoms with Gasteiger partial charge in [0, 0.05) is 18.1 Å². The molecule has 1 aromatic carbocycles. The van der Waals surface area contributed by atoms with Crippen molar-refractivity contribution >= 4 is 23.2 Å². The van der Waals surface area contributed by atoms with Crippen molar-refractivity contribution < 1.29 is 14.3 Å². The number of rotatable bonds is 3. The van der Waals surface area contributed by atoms with Gasteiger partial charge in [0.15, 0.2) is 0 Å². The largest absolute Gasteiger partial charge is 0.465 e. The van der Waals surface area contributed by atoms with Gasteiger partial charge in [0.05, 0.1) is 12.7 Å². The molecule has 0 bridgehead atoms. The van der Waals surface area contributed by atoms with Crippen molar-refractivity contribution in [3.63, 3.8) is 0 Å². The maximum atomic E-state index is 12.3. The fourth-order valence-electron chi connectivity index (χ4n) is 2.20. The van der Waals surface area contributed by atoms with E-state index in [1.54, 1.807) is 34.9 Å². The summed E-state index contributed by atoms with van der Waals surface area (Å²) in [6, 6.07) is 10.3. The fraction of sp³-hybridized carbons (Fsp3) is 0.118. The second-order valence-electron chi connectivity index (χ2n) is 5.12. The van der Waals surface area contributed by atoms with Crippen molar-refractivity contribution in [3.05, 3.63) is 65.6 Å². The Morgan fingerprint density at radius 1 is 1.17 bits per heavy atom. The van der Waals surface area contributed by atoms with E-state index < -0.39 is 5.97 Å². The molecule has 116 valence electrons. The number of aryl methyl sites for hydroxylation is 1. The SMILES string of the molecule is COC(=O)c1ccc(NC(=O)c2cn3ccc(C)cc3n2)cc1. The predicted molar refractivity (Wildman–Crippen MR) is 85.7 cm³/mol. The highest BCUT2D eigenvalue weighted by Crippen LogP contribution is 2.13.